The van der Waals surface area contributed by atoms with Gasteiger partial charge in [0.15, 0.2) is 11.3 Å². The number of morpholine rings is 1. The SMILES string of the molecule is Cn1c(=O)n(C2CCC(=O)NC2=O)c2ccc(C#CCCCNCC3CCC(n4cc(NC(=O)c5cnn6ccc(N7C[C@H]8C[C@@H]7CO8)nc56)c(C(F)F)n4)CC3)cc21. The number of piperidine rings is 1. The number of halogens is 2. The van der Waals surface area contributed by atoms with Crippen LogP contribution in [0.4, 0.5) is 20.3 Å². The number of benzene rings is 1. The summed E-state index contributed by atoms with van der Waals surface area (Å²) in [6.45, 7) is 3.02. The summed E-state index contributed by atoms with van der Waals surface area (Å²) in [5.74, 6) is 6.20. The molecule has 1 aliphatic carbocycles. The fourth-order valence-corrected chi connectivity index (χ4v) is 8.96. The summed E-state index contributed by atoms with van der Waals surface area (Å²) in [7, 11) is 1.66. The van der Waals surface area contributed by atoms with Crippen molar-refractivity contribution < 1.29 is 27.9 Å². The maximum atomic E-state index is 14.2. The van der Waals surface area contributed by atoms with Crippen molar-refractivity contribution in [3.8, 4) is 11.8 Å². The molecule has 3 amide bonds. The van der Waals surface area contributed by atoms with Crippen molar-refractivity contribution in [3.63, 3.8) is 0 Å². The van der Waals surface area contributed by atoms with Gasteiger partial charge >= 0.3 is 5.69 Å². The van der Waals surface area contributed by atoms with E-state index in [0.717, 1.165) is 69.5 Å². The van der Waals surface area contributed by atoms with E-state index in [1.807, 2.05) is 18.2 Å². The Morgan fingerprint density at radius 3 is 2.69 bits per heavy atom. The van der Waals surface area contributed by atoms with Crippen molar-refractivity contribution in [2.75, 3.05) is 36.5 Å². The van der Waals surface area contributed by atoms with Gasteiger partial charge in [0.05, 0.1) is 47.7 Å². The third-order valence-electron chi connectivity index (χ3n) is 12.1. The fourth-order valence-electron chi connectivity index (χ4n) is 8.96. The van der Waals surface area contributed by atoms with E-state index in [9.17, 15) is 28.0 Å². The van der Waals surface area contributed by atoms with Gasteiger partial charge in [0.1, 0.15) is 17.4 Å². The van der Waals surface area contributed by atoms with E-state index in [1.165, 1.54) is 26.0 Å². The molecule has 4 aromatic heterocycles. The summed E-state index contributed by atoms with van der Waals surface area (Å²) >= 11 is 0. The maximum Gasteiger partial charge on any atom is 0.329 e. The van der Waals surface area contributed by atoms with Crippen molar-refractivity contribution in [1.29, 1.82) is 0 Å². The molecule has 3 aliphatic heterocycles. The molecule has 16 nitrogen and oxygen atoms in total. The van der Waals surface area contributed by atoms with Crippen LogP contribution in [0.15, 0.2) is 47.7 Å². The highest BCUT2D eigenvalue weighted by Gasteiger charge is 2.40. The van der Waals surface area contributed by atoms with E-state index in [2.05, 4.69) is 42.9 Å². The molecule has 1 unspecified atom stereocenters. The smallest absolute Gasteiger partial charge is 0.329 e. The first-order valence-corrected chi connectivity index (χ1v) is 20.3. The van der Waals surface area contributed by atoms with E-state index in [1.54, 1.807) is 24.0 Å². The Morgan fingerprint density at radius 2 is 1.93 bits per heavy atom. The van der Waals surface area contributed by atoms with Gasteiger partial charge in [0, 0.05) is 44.4 Å². The number of carbonyl (C=O) groups excluding carboxylic acids is 3. The number of imide groups is 1. The van der Waals surface area contributed by atoms with Crippen LogP contribution >= 0.6 is 0 Å². The lowest BCUT2D eigenvalue weighted by molar-refractivity contribution is -0.135. The number of imidazole rings is 1. The number of nitrogens with one attached hydrogen (secondary N) is 3. The zero-order chi connectivity index (χ0) is 40.8. The van der Waals surface area contributed by atoms with Crippen molar-refractivity contribution in [3.05, 3.63) is 70.2 Å². The number of rotatable bonds is 11. The quantitative estimate of drug-likeness (QED) is 0.101. The predicted molar refractivity (Wildman–Crippen MR) is 212 cm³/mol. The van der Waals surface area contributed by atoms with Gasteiger partial charge in [0.25, 0.3) is 12.3 Å². The van der Waals surface area contributed by atoms with Crippen molar-refractivity contribution >= 4 is 45.9 Å². The van der Waals surface area contributed by atoms with Crippen LogP contribution in [0.2, 0.25) is 0 Å². The number of nitrogens with zero attached hydrogens (tertiary/aromatic N) is 8. The first kappa shape index (κ1) is 38.6. The van der Waals surface area contributed by atoms with Gasteiger partial charge in [-0.05, 0) is 88.2 Å². The van der Waals surface area contributed by atoms with E-state index < -0.39 is 30.0 Å². The summed E-state index contributed by atoms with van der Waals surface area (Å²) in [4.78, 5) is 57.5. The fraction of sp³-hybridized carbons (Fsp3) is 0.488. The highest BCUT2D eigenvalue weighted by Crippen LogP contribution is 2.35. The van der Waals surface area contributed by atoms with Crippen LogP contribution in [0.5, 0.6) is 0 Å². The lowest BCUT2D eigenvalue weighted by Gasteiger charge is -2.28. The van der Waals surface area contributed by atoms with Gasteiger partial charge in [-0.25, -0.2) is 23.1 Å². The first-order chi connectivity index (χ1) is 28.6. The summed E-state index contributed by atoms with van der Waals surface area (Å²) in [5, 5.41) is 17.0. The molecule has 59 heavy (non-hydrogen) atoms. The van der Waals surface area contributed by atoms with Crippen LogP contribution in [0.3, 0.4) is 0 Å². The lowest BCUT2D eigenvalue weighted by Crippen LogP contribution is -2.44. The van der Waals surface area contributed by atoms with Crippen LogP contribution in [0, 0.1) is 17.8 Å². The highest BCUT2D eigenvalue weighted by atomic mass is 19.3. The number of carbonyl (C=O) groups is 3. The molecule has 4 aliphatic rings. The number of hydrogen-bond donors (Lipinski definition) is 3. The molecule has 4 fully saturated rings. The molecule has 3 saturated heterocycles. The monoisotopic (exact) mass is 809 g/mol. The third-order valence-corrected chi connectivity index (χ3v) is 12.1. The average Bonchev–Trinajstić information content (AvgIpc) is 4.08. The highest BCUT2D eigenvalue weighted by molar-refractivity contribution is 6.08. The summed E-state index contributed by atoms with van der Waals surface area (Å²) in [6.07, 6.45) is 8.33. The normalized spacial score (nSPS) is 23.0. The number of aromatic nitrogens is 7. The van der Waals surface area contributed by atoms with Crippen LogP contribution in [-0.2, 0) is 21.4 Å². The van der Waals surface area contributed by atoms with Crippen LogP contribution in [0.25, 0.3) is 16.7 Å². The number of fused-ring (bicyclic) bond motifs is 4. The topological polar surface area (TPSA) is 175 Å². The Labute approximate surface area is 337 Å². The standard InChI is InChI=1S/C41H45F2N11O5/c1-50-33-17-24(8-11-31(33)54(41(50)58)32-12-13-35(55)48-40(32)57)5-3-2-4-15-44-19-25-6-9-26(10-7-25)53-22-30(36(49-53)37(42)43)46-39(56)29-20-45-52-16-14-34(47-38(29)52)51-21-28-18-27(51)23-59-28/h8,11,14,16-17,20,22,25-28,32,37,44H,2,4,6-7,9-10,12-13,15,18-19,21,23H2,1H3,(H,46,56)(H,48,55,57)/t25?,26?,27-,28-,32?/m1/s1. The molecule has 1 saturated carbocycles. The second-order valence-corrected chi connectivity index (χ2v) is 15.9. The average molecular weight is 810 g/mol. The van der Waals surface area contributed by atoms with Crippen LogP contribution in [-0.4, -0.2) is 89.6 Å². The molecule has 0 spiro atoms. The zero-order valence-corrected chi connectivity index (χ0v) is 32.6. The second-order valence-electron chi connectivity index (χ2n) is 15.9. The van der Waals surface area contributed by atoms with Gasteiger partial charge in [-0.3, -0.25) is 33.5 Å². The van der Waals surface area contributed by atoms with Gasteiger partial charge < -0.3 is 20.3 Å². The van der Waals surface area contributed by atoms with Gasteiger partial charge in [-0.1, -0.05) is 11.8 Å². The molecule has 5 aromatic rings. The number of hydrogen-bond acceptors (Lipinski definition) is 10. The number of amides is 3. The molecular formula is C41H45F2N11O5. The van der Waals surface area contributed by atoms with Crippen LogP contribution in [0.1, 0.15) is 97.9 Å². The van der Waals surface area contributed by atoms with Gasteiger partial charge in [-0.15, -0.1) is 0 Å². The van der Waals surface area contributed by atoms with Gasteiger partial charge in [0.2, 0.25) is 11.8 Å². The van der Waals surface area contributed by atoms with E-state index in [-0.39, 0.29) is 53.9 Å². The van der Waals surface area contributed by atoms with Crippen molar-refractivity contribution in [2.24, 2.45) is 13.0 Å². The minimum atomic E-state index is -2.86. The maximum absolute atomic E-state index is 14.2. The Kier molecular flexibility index (Phi) is 10.5. The first-order valence-electron chi connectivity index (χ1n) is 20.3. The minimum absolute atomic E-state index is 0.0172. The molecule has 308 valence electrons. The lowest BCUT2D eigenvalue weighted by atomic mass is 9.86. The molecule has 9 rings (SSSR count). The van der Waals surface area contributed by atoms with Crippen LogP contribution < -0.4 is 26.5 Å². The van der Waals surface area contributed by atoms with E-state index >= 15 is 0 Å². The number of aryl methyl sites for hydroxylation is 1. The Balaban J connectivity index is 0.744. The van der Waals surface area contributed by atoms with Gasteiger partial charge in [-0.2, -0.15) is 10.2 Å². The number of anilines is 2. The molecule has 2 bridgehead atoms. The Morgan fingerprint density at radius 1 is 1.08 bits per heavy atom. The minimum Gasteiger partial charge on any atom is -0.374 e. The molecule has 3 N–H and O–H groups in total. The summed E-state index contributed by atoms with van der Waals surface area (Å²) in [6, 6.07) is 6.80. The number of ether oxygens (including phenoxy) is 1. The molecule has 1 aromatic carbocycles. The number of unbranched alkanes of at least 4 members (excludes halogenated alkanes) is 1. The Hall–Kier alpha value is -5.93. The van der Waals surface area contributed by atoms with Crippen molar-refractivity contribution in [2.45, 2.75) is 88.4 Å². The largest absolute Gasteiger partial charge is 0.374 e. The predicted octanol–water partition coefficient (Wildman–Crippen LogP) is 3.88. The molecule has 7 heterocycles. The molecule has 0 radical (unpaired) electrons. The second kappa shape index (κ2) is 16.0. The number of alkyl halides is 2. The van der Waals surface area contributed by atoms with E-state index in [0.29, 0.717) is 35.6 Å². The van der Waals surface area contributed by atoms with E-state index in [4.69, 9.17) is 9.72 Å². The third kappa shape index (κ3) is 7.60. The zero-order valence-electron chi connectivity index (χ0n) is 32.6. The Bertz CT molecular complexity index is 2560. The molecular weight excluding hydrogens is 765 g/mol. The summed E-state index contributed by atoms with van der Waals surface area (Å²) < 4.78 is 40.2. The summed E-state index contributed by atoms with van der Waals surface area (Å²) in [5.41, 5.74) is 1.81. The van der Waals surface area contributed by atoms with Crippen molar-refractivity contribution in [1.82, 2.24) is 44.1 Å². The molecule has 18 heteroatoms. The molecule has 3 atom stereocenters.